The minimum absolute atomic E-state index is 0.101. The highest BCUT2D eigenvalue weighted by Crippen LogP contribution is 2.20. The Morgan fingerprint density at radius 1 is 1.22 bits per heavy atom. The molecule has 0 saturated heterocycles. The second-order valence-corrected chi connectivity index (χ2v) is 6.48. The van der Waals surface area contributed by atoms with Gasteiger partial charge in [0.1, 0.15) is 5.76 Å². The smallest absolute Gasteiger partial charge is 0.374 e. The molecular weight excluding hydrogens is 416 g/mol. The van der Waals surface area contributed by atoms with Gasteiger partial charge in [0.25, 0.3) is 5.89 Å². The summed E-state index contributed by atoms with van der Waals surface area (Å²) < 4.78 is 18.4. The first-order valence-corrected chi connectivity index (χ1v) is 8.78. The van der Waals surface area contributed by atoms with Crippen molar-refractivity contribution in [2.24, 2.45) is 0 Å². The quantitative estimate of drug-likeness (QED) is 0.432. The summed E-state index contributed by atoms with van der Waals surface area (Å²) in [7, 11) is 0. The molecular formula is C18H13BrN4O4. The molecule has 3 heterocycles. The number of nitrogens with zero attached hydrogens (tertiary/aromatic N) is 4. The van der Waals surface area contributed by atoms with Gasteiger partial charge in [-0.15, -0.1) is 0 Å². The molecule has 0 N–H and O–H groups in total. The van der Waals surface area contributed by atoms with Crippen LogP contribution in [0.25, 0.3) is 11.4 Å². The Kier molecular flexibility index (Phi) is 4.84. The molecule has 0 aliphatic rings. The molecule has 0 unspecified atom stereocenters. The fraction of sp³-hybridized carbons (Fsp3) is 0.111. The van der Waals surface area contributed by atoms with E-state index in [-0.39, 0.29) is 18.3 Å². The highest BCUT2D eigenvalue weighted by Gasteiger charge is 2.16. The summed E-state index contributed by atoms with van der Waals surface area (Å²) in [6.45, 7) is 0.287. The van der Waals surface area contributed by atoms with Gasteiger partial charge in [-0.25, -0.2) is 4.79 Å². The van der Waals surface area contributed by atoms with Crippen molar-refractivity contribution >= 4 is 21.9 Å². The number of benzene rings is 1. The Bertz CT molecular complexity index is 1050. The third-order valence-corrected chi connectivity index (χ3v) is 4.11. The molecule has 0 fully saturated rings. The maximum absolute atomic E-state index is 12.1. The third kappa shape index (κ3) is 4.14. The summed E-state index contributed by atoms with van der Waals surface area (Å²) in [5, 5.41) is 7.98. The van der Waals surface area contributed by atoms with E-state index in [9.17, 15) is 4.79 Å². The van der Waals surface area contributed by atoms with Crippen molar-refractivity contribution in [3.8, 4) is 11.4 Å². The Balaban J connectivity index is 1.36. The van der Waals surface area contributed by atoms with E-state index in [1.807, 2.05) is 30.3 Å². The standard InChI is InChI=1S/C18H13BrN4O4/c19-13-4-1-3-12(9-13)17-21-16(27-22-17)11-25-18(24)15-6-5-14(26-15)10-23-8-2-7-20-23/h1-9H,10-11H2. The maximum atomic E-state index is 12.1. The van der Waals surface area contributed by atoms with Gasteiger partial charge < -0.3 is 13.7 Å². The summed E-state index contributed by atoms with van der Waals surface area (Å²) in [6.07, 6.45) is 3.48. The first kappa shape index (κ1) is 17.2. The van der Waals surface area contributed by atoms with Gasteiger partial charge in [0.05, 0.1) is 6.54 Å². The zero-order valence-electron chi connectivity index (χ0n) is 13.9. The molecule has 9 heteroatoms. The van der Waals surface area contributed by atoms with Gasteiger partial charge in [0.15, 0.2) is 6.61 Å². The van der Waals surface area contributed by atoms with Gasteiger partial charge in [0.2, 0.25) is 11.6 Å². The molecule has 0 saturated carbocycles. The van der Waals surface area contributed by atoms with Gasteiger partial charge in [-0.3, -0.25) is 4.68 Å². The van der Waals surface area contributed by atoms with Gasteiger partial charge in [-0.05, 0) is 30.3 Å². The van der Waals surface area contributed by atoms with E-state index in [2.05, 4.69) is 31.2 Å². The number of hydrogen-bond donors (Lipinski definition) is 0. The summed E-state index contributed by atoms with van der Waals surface area (Å²) in [5.74, 6) is 0.705. The molecule has 0 aliphatic carbocycles. The lowest BCUT2D eigenvalue weighted by Gasteiger charge is -1.99. The lowest BCUT2D eigenvalue weighted by Crippen LogP contribution is -2.04. The van der Waals surface area contributed by atoms with Crippen LogP contribution in [0.1, 0.15) is 22.2 Å². The first-order chi connectivity index (χ1) is 13.2. The highest BCUT2D eigenvalue weighted by atomic mass is 79.9. The molecule has 0 radical (unpaired) electrons. The predicted octanol–water partition coefficient (Wildman–Crippen LogP) is 3.69. The van der Waals surface area contributed by atoms with E-state index in [1.165, 1.54) is 0 Å². The van der Waals surface area contributed by atoms with Gasteiger partial charge in [-0.2, -0.15) is 10.1 Å². The highest BCUT2D eigenvalue weighted by molar-refractivity contribution is 9.10. The zero-order valence-corrected chi connectivity index (χ0v) is 15.5. The van der Waals surface area contributed by atoms with E-state index in [1.54, 1.807) is 29.2 Å². The third-order valence-electron chi connectivity index (χ3n) is 3.62. The van der Waals surface area contributed by atoms with Crippen LogP contribution in [0.5, 0.6) is 0 Å². The van der Waals surface area contributed by atoms with Crippen LogP contribution in [-0.2, 0) is 17.9 Å². The van der Waals surface area contributed by atoms with E-state index in [0.29, 0.717) is 18.1 Å². The van der Waals surface area contributed by atoms with Crippen LogP contribution in [0, 0.1) is 0 Å². The van der Waals surface area contributed by atoms with E-state index >= 15 is 0 Å². The molecule has 27 heavy (non-hydrogen) atoms. The Morgan fingerprint density at radius 3 is 2.96 bits per heavy atom. The molecule has 8 nitrogen and oxygen atoms in total. The largest absolute Gasteiger partial charge is 0.452 e. The molecule has 0 bridgehead atoms. The fourth-order valence-corrected chi connectivity index (χ4v) is 2.78. The number of carbonyl (C=O) groups excluding carboxylic acids is 1. The van der Waals surface area contributed by atoms with Crippen molar-refractivity contribution in [2.45, 2.75) is 13.2 Å². The summed E-state index contributed by atoms with van der Waals surface area (Å²) in [5.41, 5.74) is 0.792. The maximum Gasteiger partial charge on any atom is 0.374 e. The second-order valence-electron chi connectivity index (χ2n) is 5.57. The normalized spacial score (nSPS) is 10.9. The Labute approximate surface area is 161 Å². The number of esters is 1. The van der Waals surface area contributed by atoms with Crippen LogP contribution >= 0.6 is 15.9 Å². The van der Waals surface area contributed by atoms with E-state index in [4.69, 9.17) is 13.7 Å². The lowest BCUT2D eigenvalue weighted by atomic mass is 10.2. The number of halogens is 1. The SMILES string of the molecule is O=C(OCc1nc(-c2cccc(Br)c2)no1)c1ccc(Cn2cccn2)o1. The number of aromatic nitrogens is 4. The number of hydrogen-bond acceptors (Lipinski definition) is 7. The van der Waals surface area contributed by atoms with Crippen molar-refractivity contribution in [3.05, 3.63) is 76.7 Å². The van der Waals surface area contributed by atoms with Crippen LogP contribution in [0.4, 0.5) is 0 Å². The van der Waals surface area contributed by atoms with Crippen molar-refractivity contribution in [2.75, 3.05) is 0 Å². The fourth-order valence-electron chi connectivity index (χ4n) is 2.38. The zero-order chi connectivity index (χ0) is 18.6. The van der Waals surface area contributed by atoms with Crippen LogP contribution in [0.3, 0.4) is 0 Å². The van der Waals surface area contributed by atoms with E-state index < -0.39 is 5.97 Å². The molecule has 136 valence electrons. The lowest BCUT2D eigenvalue weighted by molar-refractivity contribution is 0.0391. The molecule has 0 atom stereocenters. The van der Waals surface area contributed by atoms with Crippen LogP contribution in [0.2, 0.25) is 0 Å². The molecule has 0 amide bonds. The minimum Gasteiger partial charge on any atom is -0.452 e. The Hall–Kier alpha value is -3.20. The van der Waals surface area contributed by atoms with Crippen LogP contribution < -0.4 is 0 Å². The van der Waals surface area contributed by atoms with Crippen molar-refractivity contribution in [1.82, 2.24) is 19.9 Å². The topological polar surface area (TPSA) is 96.2 Å². The molecule has 3 aromatic heterocycles. The minimum atomic E-state index is -0.607. The summed E-state index contributed by atoms with van der Waals surface area (Å²) in [4.78, 5) is 16.3. The van der Waals surface area contributed by atoms with Gasteiger partial charge in [-0.1, -0.05) is 33.2 Å². The number of furan rings is 1. The molecule has 0 spiro atoms. The van der Waals surface area contributed by atoms with E-state index in [0.717, 1.165) is 10.0 Å². The number of ether oxygens (including phenoxy) is 1. The Morgan fingerprint density at radius 2 is 2.15 bits per heavy atom. The second kappa shape index (κ2) is 7.58. The number of carbonyl (C=O) groups is 1. The van der Waals surface area contributed by atoms with Crippen molar-refractivity contribution < 1.29 is 18.5 Å². The van der Waals surface area contributed by atoms with Gasteiger partial charge >= 0.3 is 5.97 Å². The first-order valence-electron chi connectivity index (χ1n) is 7.99. The predicted molar refractivity (Wildman–Crippen MR) is 96.6 cm³/mol. The van der Waals surface area contributed by atoms with Gasteiger partial charge in [0, 0.05) is 22.4 Å². The van der Waals surface area contributed by atoms with Crippen LogP contribution in [-0.4, -0.2) is 25.9 Å². The number of rotatable bonds is 6. The monoisotopic (exact) mass is 428 g/mol. The molecule has 4 rings (SSSR count). The van der Waals surface area contributed by atoms with Crippen molar-refractivity contribution in [1.29, 1.82) is 0 Å². The van der Waals surface area contributed by atoms with Crippen molar-refractivity contribution in [3.63, 3.8) is 0 Å². The average molecular weight is 429 g/mol. The average Bonchev–Trinajstić information content (AvgIpc) is 3.42. The molecule has 4 aromatic rings. The summed E-state index contributed by atoms with van der Waals surface area (Å²) >= 11 is 3.39. The molecule has 0 aliphatic heterocycles. The molecule has 1 aromatic carbocycles. The van der Waals surface area contributed by atoms with Crippen LogP contribution in [0.15, 0.2) is 68.3 Å². The summed E-state index contributed by atoms with van der Waals surface area (Å²) in [6, 6.07) is 12.6.